The van der Waals surface area contributed by atoms with Crippen molar-refractivity contribution in [3.8, 4) is 0 Å². The van der Waals surface area contributed by atoms with Crippen molar-refractivity contribution in [2.75, 3.05) is 19.8 Å². The molecule has 2 rings (SSSR count). The van der Waals surface area contributed by atoms with Gasteiger partial charge in [-0.3, -0.25) is 0 Å². The molecular formula is C14H27NO2. The third-order valence-electron chi connectivity index (χ3n) is 5.04. The Hall–Kier alpha value is -0.120. The van der Waals surface area contributed by atoms with Gasteiger partial charge in [0, 0.05) is 31.3 Å². The zero-order valence-corrected chi connectivity index (χ0v) is 11.3. The van der Waals surface area contributed by atoms with Crippen LogP contribution in [-0.2, 0) is 9.47 Å². The monoisotopic (exact) mass is 241 g/mol. The summed E-state index contributed by atoms with van der Waals surface area (Å²) >= 11 is 0. The van der Waals surface area contributed by atoms with Gasteiger partial charge in [-0.15, -0.1) is 0 Å². The molecule has 0 spiro atoms. The van der Waals surface area contributed by atoms with E-state index < -0.39 is 0 Å². The summed E-state index contributed by atoms with van der Waals surface area (Å²) in [6.45, 7) is 7.21. The summed E-state index contributed by atoms with van der Waals surface area (Å²) in [6.07, 6.45) is 6.04. The van der Waals surface area contributed by atoms with Crippen molar-refractivity contribution < 1.29 is 9.47 Å². The molecule has 2 N–H and O–H groups in total. The number of hydrogen-bond acceptors (Lipinski definition) is 3. The zero-order valence-electron chi connectivity index (χ0n) is 11.3. The van der Waals surface area contributed by atoms with E-state index in [0.717, 1.165) is 51.9 Å². The van der Waals surface area contributed by atoms with E-state index in [9.17, 15) is 0 Å². The topological polar surface area (TPSA) is 44.5 Å². The van der Waals surface area contributed by atoms with E-state index in [0.29, 0.717) is 18.1 Å². The second-order valence-corrected chi connectivity index (χ2v) is 5.66. The normalized spacial score (nSPS) is 33.4. The summed E-state index contributed by atoms with van der Waals surface area (Å²) in [5, 5.41) is 0. The fraction of sp³-hybridized carbons (Fsp3) is 1.00. The van der Waals surface area contributed by atoms with Crippen molar-refractivity contribution in [3.63, 3.8) is 0 Å². The molecule has 1 aliphatic carbocycles. The lowest BCUT2D eigenvalue weighted by atomic mass is 9.59. The quantitative estimate of drug-likeness (QED) is 0.803. The summed E-state index contributed by atoms with van der Waals surface area (Å²) in [7, 11) is 0. The van der Waals surface area contributed by atoms with Gasteiger partial charge in [0.15, 0.2) is 0 Å². The van der Waals surface area contributed by atoms with Gasteiger partial charge in [-0.25, -0.2) is 0 Å². The molecule has 3 nitrogen and oxygen atoms in total. The molecule has 1 saturated heterocycles. The van der Waals surface area contributed by atoms with Crippen LogP contribution in [-0.4, -0.2) is 32.0 Å². The molecule has 2 unspecified atom stereocenters. The lowest BCUT2D eigenvalue weighted by molar-refractivity contribution is -0.143. The van der Waals surface area contributed by atoms with Gasteiger partial charge in [-0.1, -0.05) is 13.8 Å². The largest absolute Gasteiger partial charge is 0.381 e. The fourth-order valence-electron chi connectivity index (χ4n) is 3.41. The first kappa shape index (κ1) is 13.3. The van der Waals surface area contributed by atoms with E-state index in [1.807, 2.05) is 0 Å². The highest BCUT2D eigenvalue weighted by molar-refractivity contribution is 5.05. The Bertz CT molecular complexity index is 234. The minimum absolute atomic E-state index is 0.255. The fourth-order valence-corrected chi connectivity index (χ4v) is 3.41. The minimum Gasteiger partial charge on any atom is -0.381 e. The zero-order chi connectivity index (χ0) is 12.3. The first-order chi connectivity index (χ1) is 8.23. The van der Waals surface area contributed by atoms with E-state index in [4.69, 9.17) is 15.2 Å². The van der Waals surface area contributed by atoms with Crippen LogP contribution >= 0.6 is 0 Å². The molecule has 0 bridgehead atoms. The van der Waals surface area contributed by atoms with Crippen molar-refractivity contribution in [2.45, 2.75) is 58.1 Å². The van der Waals surface area contributed by atoms with Crippen LogP contribution in [0.1, 0.15) is 46.0 Å². The smallest absolute Gasteiger partial charge is 0.0661 e. The SMILES string of the molecule is CCC1(CC)C(N)CC1OCC1CCOCC1. The van der Waals surface area contributed by atoms with Crippen LogP contribution in [0.25, 0.3) is 0 Å². The minimum atomic E-state index is 0.255. The average molecular weight is 241 g/mol. The van der Waals surface area contributed by atoms with Gasteiger partial charge in [0.05, 0.1) is 6.10 Å². The standard InChI is InChI=1S/C14H27NO2/c1-3-14(4-2)12(15)9-13(14)17-10-11-5-7-16-8-6-11/h11-13H,3-10,15H2,1-2H3. The molecule has 2 aliphatic rings. The highest BCUT2D eigenvalue weighted by Gasteiger charge is 2.51. The molecule has 2 atom stereocenters. The summed E-state index contributed by atoms with van der Waals surface area (Å²) in [5.74, 6) is 0.701. The molecule has 2 fully saturated rings. The van der Waals surface area contributed by atoms with Crippen LogP contribution in [0.15, 0.2) is 0 Å². The van der Waals surface area contributed by atoms with Crippen LogP contribution in [0, 0.1) is 11.3 Å². The van der Waals surface area contributed by atoms with Crippen molar-refractivity contribution >= 4 is 0 Å². The number of rotatable bonds is 5. The van der Waals surface area contributed by atoms with Crippen LogP contribution < -0.4 is 5.73 Å². The van der Waals surface area contributed by atoms with E-state index >= 15 is 0 Å². The van der Waals surface area contributed by atoms with E-state index in [-0.39, 0.29) is 5.41 Å². The third kappa shape index (κ3) is 2.51. The Morgan fingerprint density at radius 2 is 1.88 bits per heavy atom. The first-order valence-corrected chi connectivity index (χ1v) is 7.17. The van der Waals surface area contributed by atoms with Crippen molar-refractivity contribution in [2.24, 2.45) is 17.1 Å². The molecule has 100 valence electrons. The van der Waals surface area contributed by atoms with E-state index in [2.05, 4.69) is 13.8 Å². The lowest BCUT2D eigenvalue weighted by Crippen LogP contribution is -2.62. The van der Waals surface area contributed by atoms with Crippen molar-refractivity contribution in [1.29, 1.82) is 0 Å². The highest BCUT2D eigenvalue weighted by atomic mass is 16.5. The first-order valence-electron chi connectivity index (χ1n) is 7.17. The highest BCUT2D eigenvalue weighted by Crippen LogP contribution is 2.47. The molecule has 0 amide bonds. The Kier molecular flexibility index (Phi) is 4.45. The molecule has 0 aromatic heterocycles. The summed E-state index contributed by atoms with van der Waals surface area (Å²) in [6, 6.07) is 0.345. The van der Waals surface area contributed by atoms with Gasteiger partial charge in [0.1, 0.15) is 0 Å². The number of ether oxygens (including phenoxy) is 2. The molecular weight excluding hydrogens is 214 g/mol. The Labute approximate surface area is 105 Å². The summed E-state index contributed by atoms with van der Waals surface area (Å²) < 4.78 is 11.5. The van der Waals surface area contributed by atoms with E-state index in [1.54, 1.807) is 0 Å². The molecule has 3 heteroatoms. The maximum atomic E-state index is 6.18. The second-order valence-electron chi connectivity index (χ2n) is 5.66. The molecule has 0 aromatic rings. The van der Waals surface area contributed by atoms with Crippen LogP contribution in [0.4, 0.5) is 0 Å². The van der Waals surface area contributed by atoms with E-state index in [1.165, 1.54) is 0 Å². The predicted molar refractivity (Wildman–Crippen MR) is 68.9 cm³/mol. The third-order valence-corrected chi connectivity index (χ3v) is 5.04. The van der Waals surface area contributed by atoms with Crippen LogP contribution in [0.2, 0.25) is 0 Å². The van der Waals surface area contributed by atoms with Crippen molar-refractivity contribution in [1.82, 2.24) is 0 Å². The number of hydrogen-bond donors (Lipinski definition) is 1. The molecule has 1 heterocycles. The van der Waals surface area contributed by atoms with Gasteiger partial charge in [-0.05, 0) is 38.0 Å². The maximum Gasteiger partial charge on any atom is 0.0661 e. The van der Waals surface area contributed by atoms with Crippen LogP contribution in [0.5, 0.6) is 0 Å². The Morgan fingerprint density at radius 3 is 2.41 bits per heavy atom. The average Bonchev–Trinajstić information content (AvgIpc) is 2.37. The Morgan fingerprint density at radius 1 is 1.24 bits per heavy atom. The van der Waals surface area contributed by atoms with Gasteiger partial charge in [0.25, 0.3) is 0 Å². The molecule has 1 saturated carbocycles. The maximum absolute atomic E-state index is 6.18. The number of nitrogens with two attached hydrogens (primary N) is 1. The molecule has 17 heavy (non-hydrogen) atoms. The van der Waals surface area contributed by atoms with Crippen molar-refractivity contribution in [3.05, 3.63) is 0 Å². The second kappa shape index (κ2) is 5.68. The lowest BCUT2D eigenvalue weighted by Gasteiger charge is -2.54. The van der Waals surface area contributed by atoms with Gasteiger partial charge in [-0.2, -0.15) is 0 Å². The molecule has 0 radical (unpaired) electrons. The van der Waals surface area contributed by atoms with Gasteiger partial charge in [0.2, 0.25) is 0 Å². The Balaban J connectivity index is 1.79. The molecule has 0 aromatic carbocycles. The van der Waals surface area contributed by atoms with Gasteiger partial charge < -0.3 is 15.2 Å². The summed E-state index contributed by atoms with van der Waals surface area (Å²) in [4.78, 5) is 0. The summed E-state index contributed by atoms with van der Waals surface area (Å²) in [5.41, 5.74) is 6.43. The van der Waals surface area contributed by atoms with Gasteiger partial charge >= 0.3 is 0 Å². The predicted octanol–water partition coefficient (Wildman–Crippen LogP) is 2.34. The van der Waals surface area contributed by atoms with Crippen LogP contribution in [0.3, 0.4) is 0 Å². The molecule has 1 aliphatic heterocycles.